The monoisotopic (exact) mass is 377 g/mol. The van der Waals surface area contributed by atoms with E-state index in [1.54, 1.807) is 14.2 Å². The van der Waals surface area contributed by atoms with Gasteiger partial charge in [-0.25, -0.2) is 0 Å². The van der Waals surface area contributed by atoms with Crippen LogP contribution in [0.5, 0.6) is 11.5 Å². The van der Waals surface area contributed by atoms with Crippen LogP contribution in [0.3, 0.4) is 0 Å². The topological polar surface area (TPSA) is 47.6 Å². The molecule has 0 aromatic heterocycles. The lowest BCUT2D eigenvalue weighted by Crippen LogP contribution is -2.12. The van der Waals surface area contributed by atoms with E-state index in [9.17, 15) is 4.79 Å². The number of methoxy groups -OCH3 is 2. The van der Waals surface area contributed by atoms with Crippen LogP contribution in [0.15, 0.2) is 40.9 Å². The van der Waals surface area contributed by atoms with Gasteiger partial charge in [-0.15, -0.1) is 0 Å². The maximum Gasteiger partial charge on any atom is 0.224 e. The lowest BCUT2D eigenvalue weighted by molar-refractivity contribution is -0.116. The summed E-state index contributed by atoms with van der Waals surface area (Å²) in [5, 5.41) is 2.90. The Morgan fingerprint density at radius 3 is 2.30 bits per heavy atom. The number of nitrogens with one attached hydrogen (secondary N) is 1. The summed E-state index contributed by atoms with van der Waals surface area (Å²) in [5.41, 5.74) is 2.98. The fourth-order valence-corrected chi connectivity index (χ4v) is 2.72. The minimum absolute atomic E-state index is 0.0180. The molecule has 2 aromatic rings. The maximum absolute atomic E-state index is 12.1. The second kappa shape index (κ2) is 8.02. The molecule has 0 aliphatic heterocycles. The number of aryl methyl sites for hydroxylation is 2. The quantitative estimate of drug-likeness (QED) is 0.813. The molecule has 122 valence electrons. The summed E-state index contributed by atoms with van der Waals surface area (Å²) in [4.78, 5) is 12.1. The molecule has 2 rings (SSSR count). The van der Waals surface area contributed by atoms with Gasteiger partial charge in [-0.1, -0.05) is 33.6 Å². The van der Waals surface area contributed by atoms with Crippen molar-refractivity contribution >= 4 is 27.5 Å². The number of benzene rings is 2. The van der Waals surface area contributed by atoms with Crippen LogP contribution in [0.25, 0.3) is 0 Å². The number of anilines is 1. The summed E-state index contributed by atoms with van der Waals surface area (Å²) in [7, 11) is 3.19. The number of rotatable bonds is 6. The van der Waals surface area contributed by atoms with Crippen LogP contribution in [0, 0.1) is 6.92 Å². The van der Waals surface area contributed by atoms with E-state index in [-0.39, 0.29) is 5.91 Å². The van der Waals surface area contributed by atoms with Crippen LogP contribution in [0.1, 0.15) is 17.5 Å². The Kier molecular flexibility index (Phi) is 6.04. The third-order valence-corrected chi connectivity index (χ3v) is 4.25. The highest BCUT2D eigenvalue weighted by Gasteiger charge is 2.11. The molecule has 0 fully saturated rings. The predicted octanol–water partition coefficient (Wildman–Crippen LogP) is 4.35. The largest absolute Gasteiger partial charge is 0.493 e. The van der Waals surface area contributed by atoms with E-state index in [0.717, 1.165) is 21.3 Å². The van der Waals surface area contributed by atoms with E-state index < -0.39 is 0 Å². The molecule has 1 N–H and O–H groups in total. The van der Waals surface area contributed by atoms with E-state index in [2.05, 4.69) is 21.2 Å². The molecule has 0 radical (unpaired) electrons. The molecule has 23 heavy (non-hydrogen) atoms. The third kappa shape index (κ3) is 4.73. The van der Waals surface area contributed by atoms with E-state index in [1.165, 1.54) is 0 Å². The SMILES string of the molecule is COc1cc(Br)c(CCC(=O)Nc2ccc(C)cc2)cc1OC. The van der Waals surface area contributed by atoms with Crippen LogP contribution in [0.2, 0.25) is 0 Å². The first-order valence-electron chi connectivity index (χ1n) is 7.30. The van der Waals surface area contributed by atoms with Gasteiger partial charge in [-0.2, -0.15) is 0 Å². The molecule has 1 amide bonds. The van der Waals surface area contributed by atoms with Crippen molar-refractivity contribution in [3.8, 4) is 11.5 Å². The van der Waals surface area contributed by atoms with Crippen molar-refractivity contribution in [3.63, 3.8) is 0 Å². The number of carbonyl (C=O) groups is 1. The Labute approximate surface area is 144 Å². The highest BCUT2D eigenvalue weighted by atomic mass is 79.9. The minimum Gasteiger partial charge on any atom is -0.493 e. The van der Waals surface area contributed by atoms with Crippen molar-refractivity contribution in [1.29, 1.82) is 0 Å². The molecule has 0 bridgehead atoms. The first kappa shape index (κ1) is 17.3. The van der Waals surface area contributed by atoms with Crippen molar-refractivity contribution in [3.05, 3.63) is 52.0 Å². The normalized spacial score (nSPS) is 10.3. The second-order valence-corrected chi connectivity index (χ2v) is 6.07. The van der Waals surface area contributed by atoms with Gasteiger partial charge in [-0.05, 0) is 43.2 Å². The van der Waals surface area contributed by atoms with Gasteiger partial charge < -0.3 is 14.8 Å². The number of carbonyl (C=O) groups excluding carboxylic acids is 1. The first-order valence-corrected chi connectivity index (χ1v) is 8.09. The van der Waals surface area contributed by atoms with Gasteiger partial charge in [0.25, 0.3) is 0 Å². The highest BCUT2D eigenvalue weighted by molar-refractivity contribution is 9.10. The molecule has 0 aliphatic carbocycles. The molecule has 0 unspecified atom stereocenters. The molecule has 0 atom stereocenters. The fourth-order valence-electron chi connectivity index (χ4n) is 2.20. The number of hydrogen-bond donors (Lipinski definition) is 1. The smallest absolute Gasteiger partial charge is 0.224 e. The van der Waals surface area contributed by atoms with Crippen LogP contribution in [-0.4, -0.2) is 20.1 Å². The standard InChI is InChI=1S/C18H20BrNO3/c1-12-4-7-14(8-5-12)20-18(21)9-6-13-10-16(22-2)17(23-3)11-15(13)19/h4-5,7-8,10-11H,6,9H2,1-3H3,(H,20,21). The van der Waals surface area contributed by atoms with Gasteiger partial charge in [0.15, 0.2) is 11.5 Å². The number of halogens is 1. The second-order valence-electron chi connectivity index (χ2n) is 5.21. The fraction of sp³-hybridized carbons (Fsp3) is 0.278. The molecule has 0 saturated carbocycles. The van der Waals surface area contributed by atoms with E-state index in [4.69, 9.17) is 9.47 Å². The van der Waals surface area contributed by atoms with Gasteiger partial charge in [0.05, 0.1) is 14.2 Å². The molecule has 0 aliphatic rings. The van der Waals surface area contributed by atoms with Gasteiger partial charge in [0.2, 0.25) is 5.91 Å². The average Bonchev–Trinajstić information content (AvgIpc) is 2.55. The van der Waals surface area contributed by atoms with Gasteiger partial charge in [0.1, 0.15) is 0 Å². The Morgan fingerprint density at radius 2 is 1.70 bits per heavy atom. The Balaban J connectivity index is 1.99. The molecule has 0 saturated heterocycles. The van der Waals surface area contributed by atoms with Crippen LogP contribution < -0.4 is 14.8 Å². The summed E-state index contributed by atoms with van der Waals surface area (Å²) in [6, 6.07) is 11.5. The zero-order chi connectivity index (χ0) is 16.8. The Bertz CT molecular complexity index is 683. The number of ether oxygens (including phenoxy) is 2. The van der Waals surface area contributed by atoms with E-state index in [0.29, 0.717) is 24.3 Å². The van der Waals surface area contributed by atoms with Crippen LogP contribution in [0.4, 0.5) is 5.69 Å². The van der Waals surface area contributed by atoms with Crippen molar-refractivity contribution < 1.29 is 14.3 Å². The minimum atomic E-state index is -0.0180. The number of hydrogen-bond acceptors (Lipinski definition) is 3. The maximum atomic E-state index is 12.1. The molecule has 0 spiro atoms. The Hall–Kier alpha value is -2.01. The predicted molar refractivity (Wildman–Crippen MR) is 95.4 cm³/mol. The van der Waals surface area contributed by atoms with Gasteiger partial charge in [0, 0.05) is 16.6 Å². The van der Waals surface area contributed by atoms with Crippen molar-refractivity contribution in [1.82, 2.24) is 0 Å². The van der Waals surface area contributed by atoms with Gasteiger partial charge >= 0.3 is 0 Å². The summed E-state index contributed by atoms with van der Waals surface area (Å²) in [6.07, 6.45) is 1.00. The molecular weight excluding hydrogens is 358 g/mol. The summed E-state index contributed by atoms with van der Waals surface area (Å²) >= 11 is 3.51. The zero-order valence-electron chi connectivity index (χ0n) is 13.5. The zero-order valence-corrected chi connectivity index (χ0v) is 15.1. The Morgan fingerprint density at radius 1 is 1.09 bits per heavy atom. The van der Waals surface area contributed by atoms with E-state index in [1.807, 2.05) is 43.3 Å². The van der Waals surface area contributed by atoms with Crippen LogP contribution >= 0.6 is 15.9 Å². The molecule has 4 nitrogen and oxygen atoms in total. The molecule has 5 heteroatoms. The first-order chi connectivity index (χ1) is 11.0. The van der Waals surface area contributed by atoms with Gasteiger partial charge in [-0.3, -0.25) is 4.79 Å². The lowest BCUT2D eigenvalue weighted by atomic mass is 10.1. The summed E-state index contributed by atoms with van der Waals surface area (Å²) in [6.45, 7) is 2.01. The number of amides is 1. The van der Waals surface area contributed by atoms with Crippen molar-refractivity contribution in [2.45, 2.75) is 19.8 Å². The van der Waals surface area contributed by atoms with Crippen LogP contribution in [-0.2, 0) is 11.2 Å². The highest BCUT2D eigenvalue weighted by Crippen LogP contribution is 2.33. The molecule has 2 aromatic carbocycles. The van der Waals surface area contributed by atoms with Crippen molar-refractivity contribution in [2.75, 3.05) is 19.5 Å². The van der Waals surface area contributed by atoms with Crippen molar-refractivity contribution in [2.24, 2.45) is 0 Å². The summed E-state index contributed by atoms with van der Waals surface area (Å²) < 4.78 is 11.5. The molecular formula is C18H20BrNO3. The van der Waals surface area contributed by atoms with E-state index >= 15 is 0 Å². The molecule has 0 heterocycles. The lowest BCUT2D eigenvalue weighted by Gasteiger charge is -2.12. The third-order valence-electron chi connectivity index (χ3n) is 3.51. The summed E-state index contributed by atoms with van der Waals surface area (Å²) in [5.74, 6) is 1.30. The average molecular weight is 378 g/mol.